The van der Waals surface area contributed by atoms with Gasteiger partial charge in [0.15, 0.2) is 0 Å². The van der Waals surface area contributed by atoms with E-state index in [2.05, 4.69) is 21.2 Å². The molecule has 0 saturated heterocycles. The number of carbonyl (C=O) groups is 1. The van der Waals surface area contributed by atoms with E-state index in [1.807, 2.05) is 0 Å². The molecule has 0 aliphatic rings. The SMILES string of the molecule is CC(C)(C)C(=O)NCCN(c1ccc(Br)s1)S(=O)(=O)O. The van der Waals surface area contributed by atoms with Gasteiger partial charge in [-0.15, -0.1) is 11.3 Å². The van der Waals surface area contributed by atoms with Crippen LogP contribution in [0.2, 0.25) is 0 Å². The number of thiophene rings is 1. The summed E-state index contributed by atoms with van der Waals surface area (Å²) in [7, 11) is -4.37. The molecule has 2 N–H and O–H groups in total. The minimum absolute atomic E-state index is 0.0341. The fourth-order valence-electron chi connectivity index (χ4n) is 1.31. The lowest BCUT2D eigenvalue weighted by Gasteiger charge is -2.21. The first-order valence-corrected chi connectivity index (χ1v) is 8.81. The third kappa shape index (κ3) is 5.04. The molecule has 0 aliphatic heterocycles. The number of rotatable bonds is 5. The Morgan fingerprint density at radius 3 is 2.45 bits per heavy atom. The van der Waals surface area contributed by atoms with Crippen LogP contribution in [0.4, 0.5) is 5.00 Å². The number of nitrogens with zero attached hydrogens (tertiary/aromatic N) is 1. The Bertz CT molecular complexity index is 577. The van der Waals surface area contributed by atoms with Gasteiger partial charge in [0.1, 0.15) is 5.00 Å². The Kier molecular flexibility index (Phi) is 5.59. The fourth-order valence-corrected chi connectivity index (χ4v) is 3.61. The van der Waals surface area contributed by atoms with Crippen LogP contribution in [0.25, 0.3) is 0 Å². The minimum atomic E-state index is -4.37. The number of nitrogens with one attached hydrogen (secondary N) is 1. The summed E-state index contributed by atoms with van der Waals surface area (Å²) in [6.45, 7) is 5.37. The van der Waals surface area contributed by atoms with Gasteiger partial charge >= 0.3 is 10.3 Å². The lowest BCUT2D eigenvalue weighted by Crippen LogP contribution is -2.41. The second kappa shape index (κ2) is 6.42. The van der Waals surface area contributed by atoms with Gasteiger partial charge in [-0.25, -0.2) is 4.31 Å². The van der Waals surface area contributed by atoms with Crippen molar-refractivity contribution in [3.8, 4) is 0 Å². The van der Waals surface area contributed by atoms with E-state index in [9.17, 15) is 17.8 Å². The maximum atomic E-state index is 11.7. The highest BCUT2D eigenvalue weighted by molar-refractivity contribution is 9.11. The highest BCUT2D eigenvalue weighted by atomic mass is 79.9. The number of carbonyl (C=O) groups excluding carboxylic acids is 1. The smallest absolute Gasteiger partial charge is 0.354 e. The molecule has 1 heterocycles. The van der Waals surface area contributed by atoms with E-state index in [4.69, 9.17) is 0 Å². The van der Waals surface area contributed by atoms with Crippen molar-refractivity contribution in [2.24, 2.45) is 5.41 Å². The van der Waals surface area contributed by atoms with Crippen molar-refractivity contribution in [1.82, 2.24) is 5.32 Å². The maximum Gasteiger partial charge on any atom is 0.360 e. The van der Waals surface area contributed by atoms with Crippen LogP contribution in [-0.4, -0.2) is 32.0 Å². The van der Waals surface area contributed by atoms with Crippen molar-refractivity contribution in [3.63, 3.8) is 0 Å². The monoisotopic (exact) mass is 384 g/mol. The fraction of sp³-hybridized carbons (Fsp3) is 0.545. The third-order valence-corrected chi connectivity index (χ3v) is 5.06. The molecular weight excluding hydrogens is 368 g/mol. The summed E-state index contributed by atoms with van der Waals surface area (Å²) in [5.41, 5.74) is -0.547. The molecular formula is C11H17BrN2O4S2. The van der Waals surface area contributed by atoms with Gasteiger partial charge in [0.05, 0.1) is 10.3 Å². The molecule has 20 heavy (non-hydrogen) atoms. The van der Waals surface area contributed by atoms with E-state index < -0.39 is 15.7 Å². The van der Waals surface area contributed by atoms with E-state index in [-0.39, 0.29) is 19.0 Å². The summed E-state index contributed by atoms with van der Waals surface area (Å²) < 4.78 is 33.6. The van der Waals surface area contributed by atoms with Gasteiger partial charge in [0.2, 0.25) is 5.91 Å². The summed E-state index contributed by atoms with van der Waals surface area (Å²) in [6, 6.07) is 3.26. The van der Waals surface area contributed by atoms with Crippen LogP contribution in [0.3, 0.4) is 0 Å². The van der Waals surface area contributed by atoms with Crippen LogP contribution in [0.15, 0.2) is 15.9 Å². The van der Waals surface area contributed by atoms with Crippen LogP contribution in [0.5, 0.6) is 0 Å². The molecule has 0 atom stereocenters. The van der Waals surface area contributed by atoms with Crippen molar-refractivity contribution in [2.45, 2.75) is 20.8 Å². The molecule has 114 valence electrons. The molecule has 1 rings (SSSR count). The van der Waals surface area contributed by atoms with Gasteiger partial charge in [-0.3, -0.25) is 9.35 Å². The lowest BCUT2D eigenvalue weighted by molar-refractivity contribution is -0.128. The zero-order valence-electron chi connectivity index (χ0n) is 11.4. The molecule has 1 aromatic rings. The van der Waals surface area contributed by atoms with Gasteiger partial charge in [-0.05, 0) is 28.1 Å². The summed E-state index contributed by atoms with van der Waals surface area (Å²) in [5.74, 6) is -0.180. The first-order valence-electron chi connectivity index (χ1n) is 5.80. The van der Waals surface area contributed by atoms with Crippen molar-refractivity contribution >= 4 is 48.5 Å². The maximum absolute atomic E-state index is 11.7. The molecule has 0 unspecified atom stereocenters. The lowest BCUT2D eigenvalue weighted by atomic mass is 9.96. The predicted octanol–water partition coefficient (Wildman–Crippen LogP) is 2.28. The average Bonchev–Trinajstić information content (AvgIpc) is 2.67. The highest BCUT2D eigenvalue weighted by Crippen LogP contribution is 2.31. The summed E-state index contributed by atoms with van der Waals surface area (Å²) >= 11 is 4.41. The molecule has 0 radical (unpaired) electrons. The first kappa shape index (κ1) is 17.4. The zero-order valence-corrected chi connectivity index (χ0v) is 14.6. The van der Waals surface area contributed by atoms with Crippen LogP contribution >= 0.6 is 27.3 Å². The predicted molar refractivity (Wildman–Crippen MR) is 83.4 cm³/mol. The molecule has 1 amide bonds. The Morgan fingerprint density at radius 2 is 2.05 bits per heavy atom. The molecule has 0 saturated carbocycles. The van der Waals surface area contributed by atoms with Gasteiger partial charge in [0, 0.05) is 12.0 Å². The van der Waals surface area contributed by atoms with Gasteiger partial charge in [-0.2, -0.15) is 8.42 Å². The summed E-state index contributed by atoms with van der Waals surface area (Å²) in [6.07, 6.45) is 0. The Hall–Kier alpha value is -0.640. The molecule has 0 aliphatic carbocycles. The number of halogens is 1. The number of anilines is 1. The normalized spacial score (nSPS) is 12.2. The van der Waals surface area contributed by atoms with Crippen molar-refractivity contribution in [1.29, 1.82) is 0 Å². The van der Waals surface area contributed by atoms with E-state index >= 15 is 0 Å². The van der Waals surface area contributed by atoms with E-state index in [1.165, 1.54) is 11.3 Å². The largest absolute Gasteiger partial charge is 0.360 e. The van der Waals surface area contributed by atoms with Gasteiger partial charge < -0.3 is 5.32 Å². The third-order valence-electron chi connectivity index (χ3n) is 2.36. The van der Waals surface area contributed by atoms with E-state index in [1.54, 1.807) is 32.9 Å². The highest BCUT2D eigenvalue weighted by Gasteiger charge is 2.23. The van der Waals surface area contributed by atoms with Crippen LogP contribution < -0.4 is 9.62 Å². The molecule has 0 spiro atoms. The second-order valence-electron chi connectivity index (χ2n) is 5.13. The topological polar surface area (TPSA) is 86.7 Å². The van der Waals surface area contributed by atoms with Crippen LogP contribution in [0, 0.1) is 5.41 Å². The van der Waals surface area contributed by atoms with E-state index in [0.29, 0.717) is 5.00 Å². The van der Waals surface area contributed by atoms with Crippen molar-refractivity contribution in [3.05, 3.63) is 15.9 Å². The molecule has 1 aromatic heterocycles. The molecule has 0 fully saturated rings. The summed E-state index contributed by atoms with van der Waals surface area (Å²) in [5, 5.41) is 3.02. The van der Waals surface area contributed by atoms with Gasteiger partial charge in [-0.1, -0.05) is 20.8 Å². The zero-order chi connectivity index (χ0) is 15.6. The number of hydrogen-bond acceptors (Lipinski definition) is 4. The first-order chi connectivity index (χ1) is 9.01. The standard InChI is InChI=1S/C11H17BrN2O4S2/c1-11(2,3)10(15)13-6-7-14(20(16,17)18)9-5-4-8(12)19-9/h4-5H,6-7H2,1-3H3,(H,13,15)(H,16,17,18). The van der Waals surface area contributed by atoms with Crippen molar-refractivity contribution in [2.75, 3.05) is 17.4 Å². The van der Waals surface area contributed by atoms with Gasteiger partial charge in [0.25, 0.3) is 0 Å². The number of amides is 1. The van der Waals surface area contributed by atoms with Crippen molar-refractivity contribution < 1.29 is 17.8 Å². The molecule has 6 nitrogen and oxygen atoms in total. The molecule has 0 bridgehead atoms. The van der Waals surface area contributed by atoms with Crippen LogP contribution in [-0.2, 0) is 15.1 Å². The average molecular weight is 385 g/mol. The second-order valence-corrected chi connectivity index (χ2v) is 8.91. The quantitative estimate of drug-likeness (QED) is 0.762. The summed E-state index contributed by atoms with van der Waals surface area (Å²) in [4.78, 5) is 11.7. The van der Waals surface area contributed by atoms with E-state index in [0.717, 1.165) is 8.09 Å². The Morgan fingerprint density at radius 1 is 1.45 bits per heavy atom. The molecule has 9 heteroatoms. The number of hydrogen-bond donors (Lipinski definition) is 2. The minimum Gasteiger partial charge on any atom is -0.354 e. The van der Waals surface area contributed by atoms with Crippen LogP contribution in [0.1, 0.15) is 20.8 Å². The Labute approximate surface area is 131 Å². The Balaban J connectivity index is 2.72. The molecule has 0 aromatic carbocycles.